The van der Waals surface area contributed by atoms with Gasteiger partial charge in [-0.1, -0.05) is 0 Å². The average Bonchev–Trinajstić information content (AvgIpc) is 2.25. The van der Waals surface area contributed by atoms with Crippen LogP contribution in [-0.2, 0) is 0 Å². The molecule has 0 radical (unpaired) electrons. The number of hydrogen-bond acceptors (Lipinski definition) is 3. The second-order valence-electron chi connectivity index (χ2n) is 4.39. The molecule has 0 atom stereocenters. The number of phenols is 1. The summed E-state index contributed by atoms with van der Waals surface area (Å²) in [4.78, 5) is 23.9. The van der Waals surface area contributed by atoms with Crippen LogP contribution in [0.2, 0.25) is 0 Å². The van der Waals surface area contributed by atoms with E-state index in [9.17, 15) is 14.7 Å². The highest BCUT2D eigenvalue weighted by atomic mass is 16.3. The summed E-state index contributed by atoms with van der Waals surface area (Å²) in [5.74, 6) is 0.0182. The van der Waals surface area contributed by atoms with E-state index < -0.39 is 0 Å². The SMILES string of the molecule is Cc1cc2c(=O)n(C(C)C)[nH]c(=O)c2cc1O. The van der Waals surface area contributed by atoms with Crippen molar-refractivity contribution >= 4 is 10.8 Å². The van der Waals surface area contributed by atoms with E-state index in [0.717, 1.165) is 0 Å². The van der Waals surface area contributed by atoms with Crippen LogP contribution in [0, 0.1) is 6.92 Å². The minimum atomic E-state index is -0.372. The van der Waals surface area contributed by atoms with E-state index in [-0.39, 0.29) is 28.3 Å². The third-order valence-electron chi connectivity index (χ3n) is 2.77. The Hall–Kier alpha value is -2.04. The number of aromatic hydroxyl groups is 1. The molecule has 0 aliphatic carbocycles. The van der Waals surface area contributed by atoms with Gasteiger partial charge in [-0.2, -0.15) is 0 Å². The van der Waals surface area contributed by atoms with Crippen LogP contribution in [0.1, 0.15) is 25.5 Å². The van der Waals surface area contributed by atoms with Gasteiger partial charge >= 0.3 is 0 Å². The van der Waals surface area contributed by atoms with E-state index in [0.29, 0.717) is 10.9 Å². The zero-order chi connectivity index (χ0) is 12.7. The summed E-state index contributed by atoms with van der Waals surface area (Å²) in [5.41, 5.74) is -0.0446. The number of H-pyrrole nitrogens is 1. The van der Waals surface area contributed by atoms with Crippen molar-refractivity contribution in [2.24, 2.45) is 0 Å². The fourth-order valence-corrected chi connectivity index (χ4v) is 1.78. The van der Waals surface area contributed by atoms with Crippen molar-refractivity contribution < 1.29 is 5.11 Å². The Morgan fingerprint density at radius 3 is 2.47 bits per heavy atom. The summed E-state index contributed by atoms with van der Waals surface area (Å²) >= 11 is 0. The van der Waals surface area contributed by atoms with Crippen LogP contribution in [-0.4, -0.2) is 14.9 Å². The number of nitrogens with one attached hydrogen (secondary N) is 1. The summed E-state index contributed by atoms with van der Waals surface area (Å²) in [6, 6.07) is 2.75. The van der Waals surface area contributed by atoms with Crippen molar-refractivity contribution in [2.75, 3.05) is 0 Å². The molecule has 1 heterocycles. The Balaban J connectivity index is 3.00. The molecule has 0 saturated heterocycles. The van der Waals surface area contributed by atoms with Crippen LogP contribution < -0.4 is 11.1 Å². The van der Waals surface area contributed by atoms with E-state index in [1.807, 2.05) is 13.8 Å². The maximum Gasteiger partial charge on any atom is 0.273 e. The predicted octanol–water partition coefficient (Wildman–Crippen LogP) is 1.28. The number of aromatic amines is 1. The number of phenolic OH excluding ortho intramolecular Hbond substituents is 1. The lowest BCUT2D eigenvalue weighted by Gasteiger charge is -2.10. The van der Waals surface area contributed by atoms with Crippen molar-refractivity contribution in [2.45, 2.75) is 26.8 Å². The zero-order valence-corrected chi connectivity index (χ0v) is 9.94. The first-order valence-corrected chi connectivity index (χ1v) is 5.40. The van der Waals surface area contributed by atoms with Gasteiger partial charge in [0, 0.05) is 6.04 Å². The van der Waals surface area contributed by atoms with Crippen LogP contribution in [0.15, 0.2) is 21.7 Å². The summed E-state index contributed by atoms with van der Waals surface area (Å²) in [6.45, 7) is 5.32. The molecule has 2 rings (SSSR count). The van der Waals surface area contributed by atoms with Gasteiger partial charge in [0.2, 0.25) is 0 Å². The minimum Gasteiger partial charge on any atom is -0.508 e. The fourth-order valence-electron chi connectivity index (χ4n) is 1.78. The van der Waals surface area contributed by atoms with Gasteiger partial charge in [-0.3, -0.25) is 14.7 Å². The summed E-state index contributed by atoms with van der Waals surface area (Å²) in [5, 5.41) is 12.6. The molecule has 0 unspecified atom stereocenters. The van der Waals surface area contributed by atoms with Gasteiger partial charge in [-0.15, -0.1) is 0 Å². The molecule has 90 valence electrons. The number of fused-ring (bicyclic) bond motifs is 1. The van der Waals surface area contributed by atoms with Gasteiger partial charge in [0.15, 0.2) is 0 Å². The molecular weight excluding hydrogens is 220 g/mol. The van der Waals surface area contributed by atoms with Gasteiger partial charge in [0.1, 0.15) is 5.75 Å². The van der Waals surface area contributed by atoms with Crippen LogP contribution in [0.4, 0.5) is 0 Å². The monoisotopic (exact) mass is 234 g/mol. The van der Waals surface area contributed by atoms with Gasteiger partial charge in [-0.05, 0) is 38.5 Å². The normalized spacial score (nSPS) is 11.3. The maximum atomic E-state index is 12.1. The number of nitrogens with zero attached hydrogens (tertiary/aromatic N) is 1. The van der Waals surface area contributed by atoms with Crippen molar-refractivity contribution in [1.82, 2.24) is 9.78 Å². The highest BCUT2D eigenvalue weighted by molar-refractivity contribution is 5.83. The fraction of sp³-hybridized carbons (Fsp3) is 0.333. The number of aromatic nitrogens is 2. The van der Waals surface area contributed by atoms with E-state index in [4.69, 9.17) is 0 Å². The smallest absolute Gasteiger partial charge is 0.273 e. The molecule has 0 bridgehead atoms. The van der Waals surface area contributed by atoms with E-state index in [1.165, 1.54) is 10.7 Å². The lowest BCUT2D eigenvalue weighted by atomic mass is 10.1. The van der Waals surface area contributed by atoms with Crippen molar-refractivity contribution in [3.05, 3.63) is 38.4 Å². The predicted molar refractivity (Wildman–Crippen MR) is 65.6 cm³/mol. The van der Waals surface area contributed by atoms with Crippen molar-refractivity contribution in [3.8, 4) is 5.75 Å². The molecule has 0 aliphatic heterocycles. The molecule has 0 spiro atoms. The zero-order valence-electron chi connectivity index (χ0n) is 9.94. The minimum absolute atomic E-state index is 0.0182. The third-order valence-corrected chi connectivity index (χ3v) is 2.77. The molecule has 1 aromatic carbocycles. The molecule has 0 amide bonds. The third kappa shape index (κ3) is 1.73. The standard InChI is InChI=1S/C12H14N2O3/c1-6(2)14-12(17)9-4-7(3)10(15)5-8(9)11(16)13-14/h4-6,15H,1-3H3,(H,13,16). The van der Waals surface area contributed by atoms with Crippen LogP contribution in [0.3, 0.4) is 0 Å². The highest BCUT2D eigenvalue weighted by Gasteiger charge is 2.11. The highest BCUT2D eigenvalue weighted by Crippen LogP contribution is 2.19. The molecule has 5 nitrogen and oxygen atoms in total. The topological polar surface area (TPSA) is 75.1 Å². The molecule has 2 N–H and O–H groups in total. The van der Waals surface area contributed by atoms with Gasteiger partial charge in [0.25, 0.3) is 11.1 Å². The van der Waals surface area contributed by atoms with Gasteiger partial charge < -0.3 is 5.11 Å². The van der Waals surface area contributed by atoms with Crippen molar-refractivity contribution in [3.63, 3.8) is 0 Å². The Morgan fingerprint density at radius 1 is 1.24 bits per heavy atom. The molecular formula is C12H14N2O3. The van der Waals surface area contributed by atoms with E-state index in [2.05, 4.69) is 5.10 Å². The maximum absolute atomic E-state index is 12.1. The van der Waals surface area contributed by atoms with Crippen LogP contribution >= 0.6 is 0 Å². The first-order valence-electron chi connectivity index (χ1n) is 5.40. The van der Waals surface area contributed by atoms with Gasteiger partial charge in [0.05, 0.1) is 10.8 Å². The number of aryl methyl sites for hydroxylation is 1. The summed E-state index contributed by atoms with van der Waals surface area (Å²) in [6.07, 6.45) is 0. The Bertz CT molecular complexity index is 695. The molecule has 2 aromatic rings. The molecule has 17 heavy (non-hydrogen) atoms. The number of hydrogen-bond donors (Lipinski definition) is 2. The first-order chi connectivity index (χ1) is 7.91. The summed E-state index contributed by atoms with van der Waals surface area (Å²) < 4.78 is 1.29. The Kier molecular flexibility index (Phi) is 2.53. The van der Waals surface area contributed by atoms with Gasteiger partial charge in [-0.25, -0.2) is 4.68 Å². The van der Waals surface area contributed by atoms with Crippen LogP contribution in [0.5, 0.6) is 5.75 Å². The first kappa shape index (κ1) is 11.4. The molecule has 1 aromatic heterocycles. The molecule has 5 heteroatoms. The lowest BCUT2D eigenvalue weighted by molar-refractivity contribution is 0.471. The Labute approximate surface area is 97.3 Å². The Morgan fingerprint density at radius 2 is 1.88 bits per heavy atom. The second-order valence-corrected chi connectivity index (χ2v) is 4.39. The lowest BCUT2D eigenvalue weighted by Crippen LogP contribution is -2.31. The quantitative estimate of drug-likeness (QED) is 0.780. The van der Waals surface area contributed by atoms with Crippen molar-refractivity contribution in [1.29, 1.82) is 0 Å². The second kappa shape index (κ2) is 3.76. The number of rotatable bonds is 1. The van der Waals surface area contributed by atoms with Crippen LogP contribution in [0.25, 0.3) is 10.8 Å². The molecule has 0 fully saturated rings. The molecule has 0 saturated carbocycles. The number of benzene rings is 1. The van der Waals surface area contributed by atoms with E-state index >= 15 is 0 Å². The largest absolute Gasteiger partial charge is 0.508 e. The summed E-state index contributed by atoms with van der Waals surface area (Å²) in [7, 11) is 0. The average molecular weight is 234 g/mol. The van der Waals surface area contributed by atoms with E-state index in [1.54, 1.807) is 13.0 Å². The molecule has 0 aliphatic rings.